The lowest BCUT2D eigenvalue weighted by molar-refractivity contribution is 0.102. The Kier molecular flexibility index (Phi) is 6.10. The third-order valence-corrected chi connectivity index (χ3v) is 5.74. The molecule has 0 spiro atoms. The Hall–Kier alpha value is -3.97. The van der Waals surface area contributed by atoms with Crippen molar-refractivity contribution in [2.75, 3.05) is 25.6 Å². The van der Waals surface area contributed by atoms with Crippen molar-refractivity contribution in [2.24, 2.45) is 0 Å². The molecule has 0 unspecified atom stereocenters. The second kappa shape index (κ2) is 9.49. The van der Waals surface area contributed by atoms with Gasteiger partial charge in [0.1, 0.15) is 11.4 Å². The maximum Gasteiger partial charge on any atom is 0.259 e. The van der Waals surface area contributed by atoms with Crippen LogP contribution < -0.4 is 19.5 Å². The van der Waals surface area contributed by atoms with Crippen molar-refractivity contribution in [3.63, 3.8) is 0 Å². The summed E-state index contributed by atoms with van der Waals surface area (Å²) in [4.78, 5) is 13.4. The number of rotatable bonds is 5. The fraction of sp³-hybridized carbons (Fsp3) is 0.154. The number of anilines is 1. The van der Waals surface area contributed by atoms with Gasteiger partial charge in [0.25, 0.3) is 5.91 Å². The van der Waals surface area contributed by atoms with Crippen molar-refractivity contribution in [3.05, 3.63) is 83.5 Å². The third kappa shape index (κ3) is 4.43. The predicted molar refractivity (Wildman–Crippen MR) is 131 cm³/mol. The summed E-state index contributed by atoms with van der Waals surface area (Å²) >= 11 is 6.45. The maximum atomic E-state index is 13.4. The van der Waals surface area contributed by atoms with Crippen LogP contribution in [0.5, 0.6) is 17.2 Å². The summed E-state index contributed by atoms with van der Waals surface area (Å²) in [5, 5.41) is 7.98. The van der Waals surface area contributed by atoms with Gasteiger partial charge in [0.05, 0.1) is 42.3 Å². The molecule has 0 saturated heterocycles. The Balaban J connectivity index is 1.52. The van der Waals surface area contributed by atoms with Crippen molar-refractivity contribution in [3.8, 4) is 34.2 Å². The number of halogens is 1. The molecule has 1 aliphatic heterocycles. The van der Waals surface area contributed by atoms with Gasteiger partial charge in [-0.1, -0.05) is 29.8 Å². The number of carbonyl (C=O) groups excluding carboxylic acids is 1. The third-order valence-electron chi connectivity index (χ3n) is 5.43. The lowest BCUT2D eigenvalue weighted by atomic mass is 10.1. The van der Waals surface area contributed by atoms with Crippen LogP contribution in [0.15, 0.2) is 72.9 Å². The lowest BCUT2D eigenvalue weighted by Crippen LogP contribution is -2.13. The van der Waals surface area contributed by atoms with E-state index < -0.39 is 0 Å². The van der Waals surface area contributed by atoms with Gasteiger partial charge in [-0.3, -0.25) is 4.79 Å². The molecule has 1 aromatic heterocycles. The number of nitrogens with zero attached hydrogens (tertiary/aromatic N) is 2. The number of hydrogen-bond acceptors (Lipinski definition) is 5. The Bertz CT molecular complexity index is 1320. The van der Waals surface area contributed by atoms with E-state index in [1.165, 1.54) is 0 Å². The molecule has 1 amide bonds. The van der Waals surface area contributed by atoms with E-state index in [1.54, 1.807) is 30.1 Å². The van der Waals surface area contributed by atoms with Crippen molar-refractivity contribution >= 4 is 23.2 Å². The molecule has 7 nitrogen and oxygen atoms in total. The van der Waals surface area contributed by atoms with Crippen molar-refractivity contribution in [1.29, 1.82) is 0 Å². The second-order valence-electron chi connectivity index (χ2n) is 7.68. The zero-order chi connectivity index (χ0) is 23.5. The van der Waals surface area contributed by atoms with Gasteiger partial charge in [0.15, 0.2) is 11.5 Å². The molecule has 5 rings (SSSR count). The first-order valence-corrected chi connectivity index (χ1v) is 11.2. The van der Waals surface area contributed by atoms with Crippen LogP contribution in [0, 0.1) is 0 Å². The molecule has 0 aliphatic carbocycles. The van der Waals surface area contributed by atoms with Crippen LogP contribution in [0.1, 0.15) is 16.8 Å². The minimum atomic E-state index is -0.343. The molecule has 34 heavy (non-hydrogen) atoms. The van der Waals surface area contributed by atoms with E-state index in [0.717, 1.165) is 23.4 Å². The summed E-state index contributed by atoms with van der Waals surface area (Å²) in [6, 6.07) is 20.4. The van der Waals surface area contributed by atoms with Crippen molar-refractivity contribution in [2.45, 2.75) is 6.42 Å². The summed E-state index contributed by atoms with van der Waals surface area (Å²) in [7, 11) is 1.61. The minimum Gasteiger partial charge on any atom is -0.497 e. The summed E-state index contributed by atoms with van der Waals surface area (Å²) in [5.74, 6) is 1.49. The van der Waals surface area contributed by atoms with E-state index in [0.29, 0.717) is 46.7 Å². The van der Waals surface area contributed by atoms with Crippen LogP contribution in [-0.4, -0.2) is 36.0 Å². The number of ether oxygens (including phenoxy) is 3. The van der Waals surface area contributed by atoms with E-state index in [1.807, 2.05) is 54.6 Å². The molecule has 1 aliphatic rings. The zero-order valence-electron chi connectivity index (χ0n) is 18.5. The number of nitrogens with one attached hydrogen (secondary N) is 1. The van der Waals surface area contributed by atoms with Gasteiger partial charge in [-0.15, -0.1) is 0 Å². The number of para-hydroxylation sites is 1. The molecular weight excluding hydrogens is 454 g/mol. The van der Waals surface area contributed by atoms with Gasteiger partial charge in [-0.2, -0.15) is 5.10 Å². The van der Waals surface area contributed by atoms with Gasteiger partial charge in [0, 0.05) is 30.3 Å². The SMILES string of the molecule is COc1ccc(-c2nn(-c3ccccc3)cc2C(=O)Nc2cc3c(cc2Cl)OCCCO3)cc1. The monoisotopic (exact) mass is 475 g/mol. The van der Waals surface area contributed by atoms with Crippen LogP contribution in [0.2, 0.25) is 5.02 Å². The smallest absolute Gasteiger partial charge is 0.259 e. The summed E-state index contributed by atoms with van der Waals surface area (Å²) < 4.78 is 18.4. The first-order chi connectivity index (χ1) is 16.6. The quantitative estimate of drug-likeness (QED) is 0.406. The van der Waals surface area contributed by atoms with Gasteiger partial charge in [-0.05, 0) is 36.4 Å². The molecule has 3 aromatic carbocycles. The molecular formula is C26H22ClN3O4. The average Bonchev–Trinajstić information content (AvgIpc) is 3.20. The fourth-order valence-electron chi connectivity index (χ4n) is 3.68. The van der Waals surface area contributed by atoms with Crippen LogP contribution in [0.4, 0.5) is 5.69 Å². The molecule has 0 bridgehead atoms. The Labute approximate surface area is 201 Å². The molecule has 0 radical (unpaired) electrons. The fourth-order valence-corrected chi connectivity index (χ4v) is 3.89. The molecule has 0 saturated carbocycles. The van der Waals surface area contributed by atoms with Crippen LogP contribution >= 0.6 is 11.6 Å². The van der Waals surface area contributed by atoms with Gasteiger partial charge >= 0.3 is 0 Å². The highest BCUT2D eigenvalue weighted by Gasteiger charge is 2.21. The van der Waals surface area contributed by atoms with Crippen LogP contribution in [0.3, 0.4) is 0 Å². The van der Waals surface area contributed by atoms with E-state index in [4.69, 9.17) is 30.9 Å². The van der Waals surface area contributed by atoms with Crippen LogP contribution in [0.25, 0.3) is 16.9 Å². The van der Waals surface area contributed by atoms with Crippen LogP contribution in [-0.2, 0) is 0 Å². The number of methoxy groups -OCH3 is 1. The number of hydrogen-bond donors (Lipinski definition) is 1. The van der Waals surface area contributed by atoms with E-state index in [9.17, 15) is 4.79 Å². The highest BCUT2D eigenvalue weighted by Crippen LogP contribution is 2.38. The molecule has 0 fully saturated rings. The maximum absolute atomic E-state index is 13.4. The highest BCUT2D eigenvalue weighted by atomic mass is 35.5. The number of aromatic nitrogens is 2. The number of amides is 1. The van der Waals surface area contributed by atoms with Crippen molar-refractivity contribution < 1.29 is 19.0 Å². The highest BCUT2D eigenvalue weighted by molar-refractivity contribution is 6.34. The molecule has 0 atom stereocenters. The van der Waals surface area contributed by atoms with E-state index in [2.05, 4.69) is 5.32 Å². The first-order valence-electron chi connectivity index (χ1n) is 10.8. The lowest BCUT2D eigenvalue weighted by Gasteiger charge is -2.12. The Morgan fingerprint density at radius 2 is 1.74 bits per heavy atom. The minimum absolute atomic E-state index is 0.343. The topological polar surface area (TPSA) is 74.6 Å². The zero-order valence-corrected chi connectivity index (χ0v) is 19.2. The van der Waals surface area contributed by atoms with E-state index >= 15 is 0 Å². The largest absolute Gasteiger partial charge is 0.497 e. The molecule has 2 heterocycles. The predicted octanol–water partition coefficient (Wildman–Crippen LogP) is 5.61. The molecule has 4 aromatic rings. The Morgan fingerprint density at radius 3 is 2.44 bits per heavy atom. The van der Waals surface area contributed by atoms with Crippen molar-refractivity contribution in [1.82, 2.24) is 9.78 Å². The van der Waals surface area contributed by atoms with E-state index in [-0.39, 0.29) is 5.91 Å². The number of fused-ring (bicyclic) bond motifs is 1. The number of carbonyl (C=O) groups is 1. The molecule has 172 valence electrons. The van der Waals surface area contributed by atoms with Gasteiger partial charge in [-0.25, -0.2) is 4.68 Å². The van der Waals surface area contributed by atoms with Gasteiger partial charge in [0.2, 0.25) is 0 Å². The first kappa shape index (κ1) is 21.9. The Morgan fingerprint density at radius 1 is 1.03 bits per heavy atom. The summed E-state index contributed by atoms with van der Waals surface area (Å²) in [6.07, 6.45) is 2.49. The normalized spacial score (nSPS) is 12.6. The van der Waals surface area contributed by atoms with Gasteiger partial charge < -0.3 is 19.5 Å². The standard InChI is InChI=1S/C26H22ClN3O4/c1-32-19-10-8-17(9-11-19)25-20(16-30(29-25)18-6-3-2-4-7-18)26(31)28-22-15-24-23(14-21(22)27)33-12-5-13-34-24/h2-4,6-11,14-16H,5,12-13H2,1H3,(H,28,31). The number of benzene rings is 3. The summed E-state index contributed by atoms with van der Waals surface area (Å²) in [5.41, 5.74) is 2.99. The average molecular weight is 476 g/mol. The molecule has 8 heteroatoms. The summed E-state index contributed by atoms with van der Waals surface area (Å²) in [6.45, 7) is 1.09. The molecule has 1 N–H and O–H groups in total. The second-order valence-corrected chi connectivity index (χ2v) is 8.09.